The molecule has 1 aromatic heterocycles. The van der Waals surface area contributed by atoms with E-state index in [9.17, 15) is 18.0 Å². The van der Waals surface area contributed by atoms with E-state index in [0.29, 0.717) is 47.0 Å². The minimum atomic E-state index is -3.28. The van der Waals surface area contributed by atoms with Gasteiger partial charge in [-0.05, 0) is 42.2 Å². The van der Waals surface area contributed by atoms with Crippen LogP contribution in [-0.2, 0) is 9.84 Å². The molecule has 0 spiro atoms. The smallest absolute Gasteiger partial charge is 0.291 e. The van der Waals surface area contributed by atoms with Crippen molar-refractivity contribution in [3.63, 3.8) is 0 Å². The zero-order valence-corrected chi connectivity index (χ0v) is 20.6. The molecule has 2 atom stereocenters. The van der Waals surface area contributed by atoms with Crippen LogP contribution in [0.25, 0.3) is 11.0 Å². The Kier molecular flexibility index (Phi) is 5.83. The number of hydrogen-bond acceptors (Lipinski definition) is 7. The molecule has 5 rings (SSSR count). The van der Waals surface area contributed by atoms with Crippen molar-refractivity contribution in [3.8, 4) is 11.5 Å². The molecular formula is C26H27NO7S. The maximum absolute atomic E-state index is 13.6. The van der Waals surface area contributed by atoms with Crippen molar-refractivity contribution in [2.24, 2.45) is 5.92 Å². The van der Waals surface area contributed by atoms with Gasteiger partial charge in [-0.3, -0.25) is 9.59 Å². The summed E-state index contributed by atoms with van der Waals surface area (Å²) in [5.41, 5.74) is 0.857. The second kappa shape index (κ2) is 8.71. The number of carbonyl (C=O) groups is 1. The number of hydrogen-bond donors (Lipinski definition) is 0. The van der Waals surface area contributed by atoms with Crippen LogP contribution in [-0.4, -0.2) is 50.5 Å². The number of amides is 1. The number of ether oxygens (including phenoxy) is 2. The molecule has 1 amide bonds. The van der Waals surface area contributed by atoms with Gasteiger partial charge in [0.15, 0.2) is 26.8 Å². The predicted octanol–water partition coefficient (Wildman–Crippen LogP) is 3.57. The van der Waals surface area contributed by atoms with Crippen molar-refractivity contribution < 1.29 is 27.1 Å². The molecule has 8 nitrogen and oxygen atoms in total. The molecule has 2 aliphatic heterocycles. The van der Waals surface area contributed by atoms with Gasteiger partial charge in [0.25, 0.3) is 5.91 Å². The molecule has 0 aliphatic carbocycles. The fourth-order valence-electron chi connectivity index (χ4n) is 4.87. The minimum Gasteiger partial charge on any atom is -0.493 e. The predicted molar refractivity (Wildman–Crippen MR) is 131 cm³/mol. The van der Waals surface area contributed by atoms with E-state index in [1.807, 2.05) is 13.8 Å². The summed E-state index contributed by atoms with van der Waals surface area (Å²) < 4.78 is 41.9. The third-order valence-corrected chi connectivity index (χ3v) is 8.24. The molecule has 0 saturated carbocycles. The molecule has 1 fully saturated rings. The van der Waals surface area contributed by atoms with Gasteiger partial charge in [-0.15, -0.1) is 0 Å². The van der Waals surface area contributed by atoms with Gasteiger partial charge in [0.05, 0.1) is 42.2 Å². The van der Waals surface area contributed by atoms with Gasteiger partial charge < -0.3 is 18.8 Å². The van der Waals surface area contributed by atoms with E-state index in [2.05, 4.69) is 0 Å². The first-order chi connectivity index (χ1) is 16.7. The summed E-state index contributed by atoms with van der Waals surface area (Å²) in [5, 5.41) is 0.369. The van der Waals surface area contributed by atoms with E-state index in [1.165, 1.54) is 12.0 Å². The zero-order chi connectivity index (χ0) is 24.9. The summed E-state index contributed by atoms with van der Waals surface area (Å²) in [6.07, 6.45) is 0.305. The van der Waals surface area contributed by atoms with E-state index in [4.69, 9.17) is 13.9 Å². The van der Waals surface area contributed by atoms with Gasteiger partial charge in [-0.2, -0.15) is 0 Å². The van der Waals surface area contributed by atoms with E-state index < -0.39 is 27.8 Å². The zero-order valence-electron chi connectivity index (χ0n) is 19.8. The molecule has 35 heavy (non-hydrogen) atoms. The lowest BCUT2D eigenvalue weighted by Crippen LogP contribution is -2.40. The highest BCUT2D eigenvalue weighted by Gasteiger charge is 2.48. The average molecular weight is 498 g/mol. The molecule has 0 bridgehead atoms. The van der Waals surface area contributed by atoms with Crippen molar-refractivity contribution in [1.29, 1.82) is 0 Å². The van der Waals surface area contributed by atoms with Gasteiger partial charge in [0.1, 0.15) is 5.58 Å². The van der Waals surface area contributed by atoms with Crippen LogP contribution >= 0.6 is 0 Å². The molecule has 2 aromatic carbocycles. The number of sulfone groups is 1. The lowest BCUT2D eigenvalue weighted by Gasteiger charge is -2.30. The first-order valence-corrected chi connectivity index (χ1v) is 13.4. The van der Waals surface area contributed by atoms with Crippen LogP contribution in [0.4, 0.5) is 0 Å². The van der Waals surface area contributed by atoms with Crippen molar-refractivity contribution in [2.75, 3.05) is 25.2 Å². The Morgan fingerprint density at radius 1 is 1.11 bits per heavy atom. The summed E-state index contributed by atoms with van der Waals surface area (Å²) in [5.74, 6) is 0.666. The van der Waals surface area contributed by atoms with E-state index in [1.54, 1.807) is 42.5 Å². The largest absolute Gasteiger partial charge is 0.493 e. The lowest BCUT2D eigenvalue weighted by molar-refractivity contribution is 0.0662. The maximum atomic E-state index is 13.6. The Bertz CT molecular complexity index is 1470. The number of para-hydroxylation sites is 1. The van der Waals surface area contributed by atoms with Crippen molar-refractivity contribution in [3.05, 3.63) is 69.6 Å². The third-order valence-electron chi connectivity index (χ3n) is 6.49. The summed E-state index contributed by atoms with van der Waals surface area (Å²) in [4.78, 5) is 28.7. The topological polar surface area (TPSA) is 103 Å². The first kappa shape index (κ1) is 23.4. The number of rotatable bonds is 6. The van der Waals surface area contributed by atoms with Crippen LogP contribution in [0, 0.1) is 5.92 Å². The van der Waals surface area contributed by atoms with Crippen LogP contribution in [0.3, 0.4) is 0 Å². The van der Waals surface area contributed by atoms with Crippen molar-refractivity contribution in [1.82, 2.24) is 4.90 Å². The highest BCUT2D eigenvalue weighted by atomic mass is 32.2. The number of methoxy groups -OCH3 is 1. The van der Waals surface area contributed by atoms with E-state index in [0.717, 1.165) is 0 Å². The average Bonchev–Trinajstić information content (AvgIpc) is 3.34. The lowest BCUT2D eigenvalue weighted by atomic mass is 9.97. The molecule has 2 unspecified atom stereocenters. The van der Waals surface area contributed by atoms with Crippen molar-refractivity contribution in [2.45, 2.75) is 32.4 Å². The van der Waals surface area contributed by atoms with Crippen LogP contribution in [0.1, 0.15) is 48.0 Å². The number of carbonyl (C=O) groups excluding carboxylic acids is 1. The third kappa shape index (κ3) is 4.07. The van der Waals surface area contributed by atoms with Gasteiger partial charge >= 0.3 is 0 Å². The highest BCUT2D eigenvalue weighted by Crippen LogP contribution is 2.43. The molecular weight excluding hydrogens is 470 g/mol. The fraction of sp³-hybridized carbons (Fsp3) is 0.385. The molecule has 9 heteroatoms. The van der Waals surface area contributed by atoms with Gasteiger partial charge in [-0.25, -0.2) is 8.42 Å². The second-order valence-electron chi connectivity index (χ2n) is 9.46. The second-order valence-corrected chi connectivity index (χ2v) is 11.7. The van der Waals surface area contributed by atoms with Crippen LogP contribution in [0.2, 0.25) is 0 Å². The Morgan fingerprint density at radius 2 is 1.89 bits per heavy atom. The van der Waals surface area contributed by atoms with E-state index >= 15 is 0 Å². The van der Waals surface area contributed by atoms with Gasteiger partial charge in [0, 0.05) is 6.04 Å². The number of fused-ring (bicyclic) bond motifs is 2. The monoisotopic (exact) mass is 497 g/mol. The summed E-state index contributed by atoms with van der Waals surface area (Å²) in [6.45, 7) is 4.58. The van der Waals surface area contributed by atoms with Gasteiger partial charge in [0.2, 0.25) is 5.76 Å². The Labute approximate surface area is 203 Å². The van der Waals surface area contributed by atoms with E-state index in [-0.39, 0.29) is 28.3 Å². The number of nitrogens with zero attached hydrogens (tertiary/aromatic N) is 1. The molecule has 1 saturated heterocycles. The van der Waals surface area contributed by atoms with Crippen molar-refractivity contribution >= 4 is 26.7 Å². The Morgan fingerprint density at radius 3 is 2.57 bits per heavy atom. The SMILES string of the molecule is COc1cc(C2c3c(oc4ccccc4c3=O)C(=O)N2C2CCS(=O)(=O)C2)ccc1OCC(C)C. The highest BCUT2D eigenvalue weighted by molar-refractivity contribution is 7.91. The fourth-order valence-corrected chi connectivity index (χ4v) is 6.58. The maximum Gasteiger partial charge on any atom is 0.291 e. The molecule has 3 heterocycles. The molecule has 184 valence electrons. The van der Waals surface area contributed by atoms with Crippen LogP contribution < -0.4 is 14.9 Å². The Balaban J connectivity index is 1.68. The molecule has 2 aliphatic rings. The summed E-state index contributed by atoms with van der Waals surface area (Å²) in [6, 6.07) is 10.7. The number of benzene rings is 2. The summed E-state index contributed by atoms with van der Waals surface area (Å²) in [7, 11) is -1.75. The summed E-state index contributed by atoms with van der Waals surface area (Å²) >= 11 is 0. The molecule has 0 N–H and O–H groups in total. The van der Waals surface area contributed by atoms with Crippen LogP contribution in [0.5, 0.6) is 11.5 Å². The minimum absolute atomic E-state index is 0.000830. The normalized spacial score (nSPS) is 21.0. The Hall–Kier alpha value is -3.33. The first-order valence-electron chi connectivity index (χ1n) is 11.6. The standard InChI is InChI=1S/C26H27NO7S/c1-15(2)13-33-20-9-8-16(12-21(20)32-3)23-22-24(28)18-6-4-5-7-19(18)34-25(22)26(29)27(23)17-10-11-35(30,31)14-17/h4-9,12,15,17,23H,10-11,13-14H2,1-3H3. The quantitative estimate of drug-likeness (QED) is 0.513. The molecule has 0 radical (unpaired) electrons. The molecule has 3 aromatic rings. The van der Waals surface area contributed by atoms with Gasteiger partial charge in [-0.1, -0.05) is 32.0 Å². The van der Waals surface area contributed by atoms with Crippen LogP contribution in [0.15, 0.2) is 51.7 Å².